The summed E-state index contributed by atoms with van der Waals surface area (Å²) in [7, 11) is 0. The highest BCUT2D eigenvalue weighted by molar-refractivity contribution is 6.00. The van der Waals surface area contributed by atoms with Crippen molar-refractivity contribution in [1.82, 2.24) is 4.98 Å². The van der Waals surface area contributed by atoms with Gasteiger partial charge in [0.2, 0.25) is 0 Å². The molecular weight excluding hydrogens is 300 g/mol. The number of hydrogen-bond acceptors (Lipinski definition) is 3. The number of phenols is 1. The van der Waals surface area contributed by atoms with E-state index < -0.39 is 17.4 Å². The van der Waals surface area contributed by atoms with Crippen LogP contribution in [0.15, 0.2) is 18.2 Å². The summed E-state index contributed by atoms with van der Waals surface area (Å²) in [6.07, 6.45) is 1.92. The van der Waals surface area contributed by atoms with E-state index in [2.05, 4.69) is 4.98 Å². The molecule has 0 spiro atoms. The molecule has 1 aliphatic carbocycles. The van der Waals surface area contributed by atoms with Crippen LogP contribution in [0, 0.1) is 11.6 Å². The maximum Gasteiger partial charge on any atom is 0.187 e. The van der Waals surface area contributed by atoms with E-state index in [9.17, 15) is 18.7 Å². The van der Waals surface area contributed by atoms with Gasteiger partial charge in [-0.05, 0) is 42.5 Å². The van der Waals surface area contributed by atoms with Gasteiger partial charge >= 0.3 is 0 Å². The van der Waals surface area contributed by atoms with Gasteiger partial charge in [0, 0.05) is 17.5 Å². The fourth-order valence-corrected chi connectivity index (χ4v) is 2.98. The zero-order valence-electron chi connectivity index (χ0n) is 13.0. The SMILES string of the molecule is CC(C)c1cc(-c2cc(F)c(O)c(F)c2)nc2c1C(=O)CCC2. The van der Waals surface area contributed by atoms with Gasteiger partial charge in [0.15, 0.2) is 23.2 Å². The van der Waals surface area contributed by atoms with Crippen molar-refractivity contribution in [2.24, 2.45) is 0 Å². The second-order valence-corrected chi connectivity index (χ2v) is 6.14. The number of aromatic hydroxyl groups is 1. The molecule has 3 rings (SSSR count). The molecule has 1 N–H and O–H groups in total. The highest BCUT2D eigenvalue weighted by Gasteiger charge is 2.25. The fraction of sp³-hybridized carbons (Fsp3) is 0.333. The van der Waals surface area contributed by atoms with Gasteiger partial charge in [-0.15, -0.1) is 0 Å². The Morgan fingerprint density at radius 2 is 1.78 bits per heavy atom. The number of carbonyl (C=O) groups is 1. The van der Waals surface area contributed by atoms with E-state index in [4.69, 9.17) is 0 Å². The summed E-state index contributed by atoms with van der Waals surface area (Å²) in [5, 5.41) is 9.23. The first-order valence-corrected chi connectivity index (χ1v) is 7.64. The van der Waals surface area contributed by atoms with Gasteiger partial charge in [-0.25, -0.2) is 8.78 Å². The van der Waals surface area contributed by atoms with Crippen LogP contribution < -0.4 is 0 Å². The summed E-state index contributed by atoms with van der Waals surface area (Å²) in [4.78, 5) is 16.7. The van der Waals surface area contributed by atoms with Crippen LogP contribution in [0.1, 0.15) is 54.2 Å². The number of aryl methyl sites for hydroxylation is 1. The number of fused-ring (bicyclic) bond motifs is 1. The summed E-state index contributed by atoms with van der Waals surface area (Å²) in [6.45, 7) is 3.94. The minimum absolute atomic E-state index is 0.0806. The zero-order valence-corrected chi connectivity index (χ0v) is 13.0. The highest BCUT2D eigenvalue weighted by Crippen LogP contribution is 2.33. The summed E-state index contributed by atoms with van der Waals surface area (Å²) in [6, 6.07) is 3.84. The average Bonchev–Trinajstić information content (AvgIpc) is 2.51. The van der Waals surface area contributed by atoms with Crippen LogP contribution in [0.3, 0.4) is 0 Å². The molecule has 120 valence electrons. The highest BCUT2D eigenvalue weighted by atomic mass is 19.1. The van der Waals surface area contributed by atoms with Crippen molar-refractivity contribution >= 4 is 5.78 Å². The number of benzene rings is 1. The molecule has 1 aliphatic rings. The quantitative estimate of drug-likeness (QED) is 0.894. The van der Waals surface area contributed by atoms with Crippen LogP contribution in [0.4, 0.5) is 8.78 Å². The summed E-state index contributed by atoms with van der Waals surface area (Å²) in [5.41, 5.74) is 2.87. The van der Waals surface area contributed by atoms with Gasteiger partial charge < -0.3 is 5.11 Å². The van der Waals surface area contributed by atoms with E-state index in [1.54, 1.807) is 6.07 Å². The van der Waals surface area contributed by atoms with Crippen LogP contribution >= 0.6 is 0 Å². The van der Waals surface area contributed by atoms with Crippen LogP contribution in [0.2, 0.25) is 0 Å². The van der Waals surface area contributed by atoms with E-state index in [1.807, 2.05) is 13.8 Å². The first-order valence-electron chi connectivity index (χ1n) is 7.64. The van der Waals surface area contributed by atoms with Crippen molar-refractivity contribution in [3.8, 4) is 17.0 Å². The largest absolute Gasteiger partial charge is 0.503 e. The number of hydrogen-bond donors (Lipinski definition) is 1. The maximum atomic E-state index is 13.6. The Bertz CT molecular complexity index is 777. The third-order valence-electron chi connectivity index (χ3n) is 4.16. The van der Waals surface area contributed by atoms with Gasteiger partial charge in [-0.2, -0.15) is 0 Å². The van der Waals surface area contributed by atoms with Crippen molar-refractivity contribution in [3.05, 3.63) is 46.7 Å². The first kappa shape index (κ1) is 15.6. The predicted molar refractivity (Wildman–Crippen MR) is 82.6 cm³/mol. The third kappa shape index (κ3) is 2.71. The Kier molecular flexibility index (Phi) is 3.88. The lowest BCUT2D eigenvalue weighted by Crippen LogP contribution is -2.17. The lowest BCUT2D eigenvalue weighted by atomic mass is 9.86. The molecule has 0 radical (unpaired) electrons. The Hall–Kier alpha value is -2.30. The van der Waals surface area contributed by atoms with E-state index in [-0.39, 0.29) is 17.3 Å². The Morgan fingerprint density at radius 1 is 1.13 bits per heavy atom. The molecule has 1 aromatic carbocycles. The zero-order chi connectivity index (χ0) is 16.7. The molecule has 0 aliphatic heterocycles. The molecule has 0 saturated carbocycles. The van der Waals surface area contributed by atoms with Crippen molar-refractivity contribution in [2.45, 2.75) is 39.0 Å². The molecule has 0 saturated heterocycles. The van der Waals surface area contributed by atoms with Crippen molar-refractivity contribution in [2.75, 3.05) is 0 Å². The second-order valence-electron chi connectivity index (χ2n) is 6.14. The number of aromatic nitrogens is 1. The molecule has 23 heavy (non-hydrogen) atoms. The van der Waals surface area contributed by atoms with Crippen molar-refractivity contribution < 1.29 is 18.7 Å². The van der Waals surface area contributed by atoms with Crippen molar-refractivity contribution in [1.29, 1.82) is 0 Å². The molecule has 0 amide bonds. The number of phenolic OH excluding ortho intramolecular Hbond substituents is 1. The van der Waals surface area contributed by atoms with Gasteiger partial charge in [-0.3, -0.25) is 9.78 Å². The average molecular weight is 317 g/mol. The normalized spacial score (nSPS) is 14.2. The number of carbonyl (C=O) groups excluding carboxylic acids is 1. The molecule has 3 nitrogen and oxygen atoms in total. The van der Waals surface area contributed by atoms with Gasteiger partial charge in [-0.1, -0.05) is 13.8 Å². The van der Waals surface area contributed by atoms with Gasteiger partial charge in [0.05, 0.1) is 11.4 Å². The van der Waals surface area contributed by atoms with Crippen molar-refractivity contribution in [3.63, 3.8) is 0 Å². The summed E-state index contributed by atoms with van der Waals surface area (Å²) in [5.74, 6) is -2.87. The van der Waals surface area contributed by atoms with Crippen LogP contribution in [0.5, 0.6) is 5.75 Å². The lowest BCUT2D eigenvalue weighted by molar-refractivity contribution is 0.0970. The smallest absolute Gasteiger partial charge is 0.187 e. The standard InChI is InChI=1S/C18H17F2NO2/c1-9(2)11-8-15(10-6-12(19)18(23)13(20)7-10)21-14-4-3-5-16(22)17(11)14/h6-9,23H,3-5H2,1-2H3. The number of nitrogens with zero attached hydrogens (tertiary/aromatic N) is 1. The monoisotopic (exact) mass is 317 g/mol. The molecular formula is C18H17F2NO2. The molecule has 1 aromatic heterocycles. The topological polar surface area (TPSA) is 50.2 Å². The van der Waals surface area contributed by atoms with Gasteiger partial charge in [0.25, 0.3) is 0 Å². The number of Topliss-reactive ketones (excluding diaryl/α,β-unsaturated/α-hetero) is 1. The summed E-state index contributed by atoms with van der Waals surface area (Å²) < 4.78 is 27.2. The maximum absolute atomic E-state index is 13.6. The minimum Gasteiger partial charge on any atom is -0.503 e. The van der Waals surface area contributed by atoms with E-state index >= 15 is 0 Å². The number of pyridine rings is 1. The lowest BCUT2D eigenvalue weighted by Gasteiger charge is -2.21. The van der Waals surface area contributed by atoms with Gasteiger partial charge in [0.1, 0.15) is 0 Å². The van der Waals surface area contributed by atoms with Crippen LogP contribution in [-0.2, 0) is 6.42 Å². The van der Waals surface area contributed by atoms with E-state index in [0.29, 0.717) is 29.8 Å². The van der Waals surface area contributed by atoms with Crippen LogP contribution in [0.25, 0.3) is 11.3 Å². The molecule has 0 unspecified atom stereocenters. The fourth-order valence-electron chi connectivity index (χ4n) is 2.98. The first-order chi connectivity index (χ1) is 10.9. The molecule has 1 heterocycles. The van der Waals surface area contributed by atoms with E-state index in [0.717, 1.165) is 24.1 Å². The predicted octanol–water partition coefficient (Wildman–Crippen LogP) is 4.37. The molecule has 0 bridgehead atoms. The molecule has 0 atom stereocenters. The number of halogens is 2. The number of ketones is 1. The van der Waals surface area contributed by atoms with Crippen LogP contribution in [-0.4, -0.2) is 15.9 Å². The molecule has 2 aromatic rings. The Morgan fingerprint density at radius 3 is 2.39 bits per heavy atom. The molecule has 5 heteroatoms. The third-order valence-corrected chi connectivity index (χ3v) is 4.16. The Balaban J connectivity index is 2.22. The Labute approximate surface area is 133 Å². The minimum atomic E-state index is -1.03. The van der Waals surface area contributed by atoms with E-state index in [1.165, 1.54) is 0 Å². The molecule has 0 fully saturated rings. The number of rotatable bonds is 2. The summed E-state index contributed by atoms with van der Waals surface area (Å²) >= 11 is 0. The second kappa shape index (κ2) is 5.72.